The highest BCUT2D eigenvalue weighted by Gasteiger charge is 2.30. The highest BCUT2D eigenvalue weighted by atomic mass is 16.5. The Morgan fingerprint density at radius 3 is 2.81 bits per heavy atom. The van der Waals surface area contributed by atoms with E-state index in [0.717, 1.165) is 34.8 Å². The smallest absolute Gasteiger partial charge is 0.227 e. The van der Waals surface area contributed by atoms with Crippen LogP contribution in [0.5, 0.6) is 17.2 Å². The van der Waals surface area contributed by atoms with Gasteiger partial charge in [0.2, 0.25) is 5.91 Å². The van der Waals surface area contributed by atoms with Gasteiger partial charge in [-0.1, -0.05) is 12.1 Å². The Kier molecular flexibility index (Phi) is 4.46. The summed E-state index contributed by atoms with van der Waals surface area (Å²) in [5, 5.41) is 3.05. The zero-order chi connectivity index (χ0) is 19.0. The summed E-state index contributed by atoms with van der Waals surface area (Å²) in [6.45, 7) is 5.08. The number of amides is 1. The van der Waals surface area contributed by atoms with E-state index in [9.17, 15) is 4.79 Å². The fourth-order valence-corrected chi connectivity index (χ4v) is 3.77. The molecule has 0 aromatic heterocycles. The lowest BCUT2D eigenvalue weighted by Gasteiger charge is -2.25. The van der Waals surface area contributed by atoms with Gasteiger partial charge in [0, 0.05) is 13.0 Å². The molecule has 2 aliphatic rings. The number of ether oxygens (including phenoxy) is 3. The average molecular weight is 367 g/mol. The third kappa shape index (κ3) is 3.72. The van der Waals surface area contributed by atoms with Crippen molar-refractivity contribution in [3.05, 3.63) is 53.1 Å². The number of carbonyl (C=O) groups excluding carboxylic acids is 1. The molecule has 0 bridgehead atoms. The van der Waals surface area contributed by atoms with Gasteiger partial charge in [-0.3, -0.25) is 4.79 Å². The third-order valence-electron chi connectivity index (χ3n) is 5.14. The molecule has 142 valence electrons. The molecule has 4 rings (SSSR count). The van der Waals surface area contributed by atoms with E-state index in [1.807, 2.05) is 30.3 Å². The molecule has 0 spiro atoms. The summed E-state index contributed by atoms with van der Waals surface area (Å²) in [5.41, 5.74) is 3.14. The van der Waals surface area contributed by atoms with Crippen LogP contribution in [0, 0.1) is 5.92 Å². The predicted octanol–water partition coefficient (Wildman–Crippen LogP) is 3.28. The largest absolute Gasteiger partial charge is 0.497 e. The van der Waals surface area contributed by atoms with Crippen LogP contribution in [0.15, 0.2) is 36.4 Å². The second kappa shape index (κ2) is 6.80. The van der Waals surface area contributed by atoms with Crippen molar-refractivity contribution in [2.75, 3.05) is 13.7 Å². The molecule has 1 N–H and O–H groups in total. The first kappa shape index (κ1) is 17.7. The molecule has 27 heavy (non-hydrogen) atoms. The molecule has 1 atom stereocenters. The van der Waals surface area contributed by atoms with E-state index in [-0.39, 0.29) is 17.4 Å². The molecule has 2 aliphatic heterocycles. The molecular formula is C22H25NO4. The first-order valence-corrected chi connectivity index (χ1v) is 9.32. The van der Waals surface area contributed by atoms with Crippen LogP contribution in [-0.4, -0.2) is 25.2 Å². The summed E-state index contributed by atoms with van der Waals surface area (Å²) < 4.78 is 16.9. The highest BCUT2D eigenvalue weighted by molar-refractivity contribution is 5.79. The van der Waals surface area contributed by atoms with Gasteiger partial charge in [0.05, 0.1) is 13.0 Å². The van der Waals surface area contributed by atoms with Crippen molar-refractivity contribution >= 4 is 5.91 Å². The Hall–Kier alpha value is -2.69. The number of benzene rings is 2. The van der Waals surface area contributed by atoms with E-state index >= 15 is 0 Å². The van der Waals surface area contributed by atoms with E-state index in [0.29, 0.717) is 19.6 Å². The summed E-state index contributed by atoms with van der Waals surface area (Å²) in [5.74, 6) is 2.38. The van der Waals surface area contributed by atoms with Crippen LogP contribution in [-0.2, 0) is 24.2 Å². The Morgan fingerprint density at radius 1 is 1.19 bits per heavy atom. The topological polar surface area (TPSA) is 56.8 Å². The first-order chi connectivity index (χ1) is 12.9. The van der Waals surface area contributed by atoms with Crippen LogP contribution in [0.4, 0.5) is 0 Å². The predicted molar refractivity (Wildman–Crippen MR) is 102 cm³/mol. The first-order valence-electron chi connectivity index (χ1n) is 9.32. The summed E-state index contributed by atoms with van der Waals surface area (Å²) >= 11 is 0. The standard InChI is InChI=1S/C22H25NO4/c1-22(2)11-16-8-14(4-6-20(16)27-22)12-23-21(24)17-9-15-10-18(25-3)5-7-19(15)26-13-17/h4-8,10,17H,9,11-13H2,1-3H3,(H,23,24)/t17-/m1/s1. The molecule has 0 saturated heterocycles. The molecule has 5 nitrogen and oxygen atoms in total. The molecule has 1 amide bonds. The van der Waals surface area contributed by atoms with E-state index in [1.165, 1.54) is 5.56 Å². The third-order valence-corrected chi connectivity index (χ3v) is 5.14. The van der Waals surface area contributed by atoms with Gasteiger partial charge >= 0.3 is 0 Å². The van der Waals surface area contributed by atoms with Crippen molar-refractivity contribution in [3.8, 4) is 17.2 Å². The lowest BCUT2D eigenvalue weighted by molar-refractivity contribution is -0.126. The summed E-state index contributed by atoms with van der Waals surface area (Å²) in [7, 11) is 1.64. The molecule has 2 aromatic carbocycles. The van der Waals surface area contributed by atoms with Crippen LogP contribution in [0.3, 0.4) is 0 Å². The quantitative estimate of drug-likeness (QED) is 0.901. The molecule has 0 unspecified atom stereocenters. The summed E-state index contributed by atoms with van der Waals surface area (Å²) in [6.07, 6.45) is 1.55. The molecular weight excluding hydrogens is 342 g/mol. The average Bonchev–Trinajstić information content (AvgIpc) is 2.98. The zero-order valence-electron chi connectivity index (χ0n) is 16.0. The van der Waals surface area contributed by atoms with E-state index in [1.54, 1.807) is 7.11 Å². The molecule has 2 heterocycles. The van der Waals surface area contributed by atoms with Crippen molar-refractivity contribution in [3.63, 3.8) is 0 Å². The molecule has 0 saturated carbocycles. The van der Waals surface area contributed by atoms with Gasteiger partial charge in [0.1, 0.15) is 29.5 Å². The Labute approximate surface area is 159 Å². The normalized spacial score (nSPS) is 19.3. The maximum atomic E-state index is 12.6. The van der Waals surface area contributed by atoms with Crippen molar-refractivity contribution in [2.45, 2.75) is 38.8 Å². The van der Waals surface area contributed by atoms with E-state index in [2.05, 4.69) is 25.2 Å². The Bertz CT molecular complexity index is 875. The second-order valence-corrected chi connectivity index (χ2v) is 7.88. The van der Waals surface area contributed by atoms with Crippen LogP contribution < -0.4 is 19.5 Å². The Morgan fingerprint density at radius 2 is 2.00 bits per heavy atom. The fraction of sp³-hybridized carbons (Fsp3) is 0.409. The lowest BCUT2D eigenvalue weighted by atomic mass is 9.95. The van der Waals surface area contributed by atoms with Gasteiger partial charge in [-0.2, -0.15) is 0 Å². The molecule has 0 aliphatic carbocycles. The van der Waals surface area contributed by atoms with E-state index in [4.69, 9.17) is 14.2 Å². The highest BCUT2D eigenvalue weighted by Crippen LogP contribution is 2.35. The van der Waals surface area contributed by atoms with Gasteiger partial charge in [-0.15, -0.1) is 0 Å². The Balaban J connectivity index is 1.38. The lowest BCUT2D eigenvalue weighted by Crippen LogP contribution is -2.37. The second-order valence-electron chi connectivity index (χ2n) is 7.88. The molecule has 0 radical (unpaired) electrons. The molecule has 2 aromatic rings. The molecule has 5 heteroatoms. The fourth-order valence-electron chi connectivity index (χ4n) is 3.77. The minimum atomic E-state index is -0.193. The number of fused-ring (bicyclic) bond motifs is 2. The number of methoxy groups -OCH3 is 1. The number of hydrogen-bond donors (Lipinski definition) is 1. The monoisotopic (exact) mass is 367 g/mol. The van der Waals surface area contributed by atoms with Gasteiger partial charge < -0.3 is 19.5 Å². The number of carbonyl (C=O) groups is 1. The van der Waals surface area contributed by atoms with Gasteiger partial charge in [0.25, 0.3) is 0 Å². The summed E-state index contributed by atoms with van der Waals surface area (Å²) in [6, 6.07) is 11.9. The van der Waals surface area contributed by atoms with Crippen molar-refractivity contribution in [1.29, 1.82) is 0 Å². The SMILES string of the molecule is COc1ccc2c(c1)C[C@@H](C(=O)NCc1ccc3c(c1)CC(C)(C)O3)CO2. The number of nitrogens with one attached hydrogen (secondary N) is 1. The number of hydrogen-bond acceptors (Lipinski definition) is 4. The van der Waals surface area contributed by atoms with Crippen LogP contribution in [0.25, 0.3) is 0 Å². The van der Waals surface area contributed by atoms with E-state index < -0.39 is 0 Å². The van der Waals surface area contributed by atoms with Gasteiger partial charge in [-0.05, 0) is 61.2 Å². The maximum Gasteiger partial charge on any atom is 0.227 e. The number of rotatable bonds is 4. The molecule has 0 fully saturated rings. The zero-order valence-corrected chi connectivity index (χ0v) is 16.0. The summed E-state index contributed by atoms with van der Waals surface area (Å²) in [4.78, 5) is 12.6. The van der Waals surface area contributed by atoms with Crippen LogP contribution in [0.1, 0.15) is 30.5 Å². The van der Waals surface area contributed by atoms with Gasteiger partial charge in [-0.25, -0.2) is 0 Å². The van der Waals surface area contributed by atoms with Crippen LogP contribution >= 0.6 is 0 Å². The van der Waals surface area contributed by atoms with Crippen LogP contribution in [0.2, 0.25) is 0 Å². The minimum Gasteiger partial charge on any atom is -0.497 e. The minimum absolute atomic E-state index is 0.0144. The van der Waals surface area contributed by atoms with Crippen molar-refractivity contribution in [2.24, 2.45) is 5.92 Å². The maximum absolute atomic E-state index is 12.6. The van der Waals surface area contributed by atoms with Crippen molar-refractivity contribution < 1.29 is 19.0 Å². The van der Waals surface area contributed by atoms with Gasteiger partial charge in [0.15, 0.2) is 0 Å². The van der Waals surface area contributed by atoms with Crippen molar-refractivity contribution in [1.82, 2.24) is 5.32 Å².